The molecule has 2 unspecified atom stereocenters. The summed E-state index contributed by atoms with van der Waals surface area (Å²) in [5.41, 5.74) is 2.65. The van der Waals surface area contributed by atoms with Gasteiger partial charge in [-0.15, -0.1) is 0 Å². The molecule has 2 aromatic carbocycles. The molecule has 26 heavy (non-hydrogen) atoms. The van der Waals surface area contributed by atoms with Crippen LogP contribution in [0.15, 0.2) is 36.4 Å². The molecule has 0 aromatic heterocycles. The van der Waals surface area contributed by atoms with Crippen molar-refractivity contribution in [3.63, 3.8) is 0 Å². The number of epoxide rings is 1. The van der Waals surface area contributed by atoms with Gasteiger partial charge in [0.2, 0.25) is 0 Å². The van der Waals surface area contributed by atoms with Crippen molar-refractivity contribution in [1.29, 1.82) is 0 Å². The number of phenols is 1. The van der Waals surface area contributed by atoms with E-state index >= 15 is 0 Å². The lowest BCUT2D eigenvalue weighted by Gasteiger charge is -2.16. The molecule has 3 N–H and O–H groups in total. The van der Waals surface area contributed by atoms with E-state index in [9.17, 15) is 10.2 Å². The summed E-state index contributed by atoms with van der Waals surface area (Å²) >= 11 is 0. The van der Waals surface area contributed by atoms with Gasteiger partial charge >= 0.3 is 0 Å². The second-order valence-electron chi connectivity index (χ2n) is 5.98. The van der Waals surface area contributed by atoms with Crippen molar-refractivity contribution < 1.29 is 29.5 Å². The van der Waals surface area contributed by atoms with E-state index in [1.807, 2.05) is 0 Å². The number of hydrogen-bond donors (Lipinski definition) is 3. The van der Waals surface area contributed by atoms with Crippen LogP contribution in [0.1, 0.15) is 17.2 Å². The molecule has 0 aliphatic carbocycles. The number of rotatable bonds is 7. The lowest BCUT2D eigenvalue weighted by molar-refractivity contribution is 0.136. The van der Waals surface area contributed by atoms with Crippen LogP contribution in [0.3, 0.4) is 0 Å². The van der Waals surface area contributed by atoms with E-state index in [-0.39, 0.29) is 18.5 Å². The summed E-state index contributed by atoms with van der Waals surface area (Å²) in [7, 11) is 3.01. The van der Waals surface area contributed by atoms with Crippen molar-refractivity contribution in [2.45, 2.75) is 12.2 Å². The first-order valence-corrected chi connectivity index (χ1v) is 8.25. The van der Waals surface area contributed by atoms with Crippen molar-refractivity contribution in [3.05, 3.63) is 47.5 Å². The molecule has 1 aliphatic heterocycles. The van der Waals surface area contributed by atoms with E-state index in [1.165, 1.54) is 14.2 Å². The second kappa shape index (κ2) is 7.78. The Morgan fingerprint density at radius 1 is 1.15 bits per heavy atom. The molecule has 6 heteroatoms. The number of phenolic OH excluding ortho intramolecular Hbond substituents is 1. The highest BCUT2D eigenvalue weighted by Crippen LogP contribution is 2.43. The highest BCUT2D eigenvalue weighted by molar-refractivity contribution is 5.80. The summed E-state index contributed by atoms with van der Waals surface area (Å²) in [5.74, 6) is 0.825. The molecular formula is C20H22O6. The highest BCUT2D eigenvalue weighted by atomic mass is 16.6. The SMILES string of the molecule is COc1cc(C(O)C2CO2)ccc1-c1cc(/C=C/CO)cc(OC)c1O. The van der Waals surface area contributed by atoms with Crippen molar-refractivity contribution >= 4 is 6.08 Å². The van der Waals surface area contributed by atoms with Crippen LogP contribution >= 0.6 is 0 Å². The zero-order valence-electron chi connectivity index (χ0n) is 14.7. The van der Waals surface area contributed by atoms with Crippen LogP contribution in [-0.2, 0) is 4.74 Å². The van der Waals surface area contributed by atoms with Gasteiger partial charge < -0.3 is 29.5 Å². The summed E-state index contributed by atoms with van der Waals surface area (Å²) < 4.78 is 15.9. The van der Waals surface area contributed by atoms with Gasteiger partial charge in [0.25, 0.3) is 0 Å². The zero-order valence-corrected chi connectivity index (χ0v) is 14.7. The van der Waals surface area contributed by atoms with Crippen LogP contribution in [-0.4, -0.2) is 48.9 Å². The van der Waals surface area contributed by atoms with Crippen LogP contribution in [0.2, 0.25) is 0 Å². The van der Waals surface area contributed by atoms with Crippen LogP contribution in [0.5, 0.6) is 17.2 Å². The Balaban J connectivity index is 2.08. The summed E-state index contributed by atoms with van der Waals surface area (Å²) in [5, 5.41) is 29.8. The molecule has 1 fully saturated rings. The van der Waals surface area contributed by atoms with Crippen LogP contribution in [0, 0.1) is 0 Å². The predicted octanol–water partition coefficient (Wildman–Crippen LogP) is 2.51. The van der Waals surface area contributed by atoms with Crippen molar-refractivity contribution in [3.8, 4) is 28.4 Å². The van der Waals surface area contributed by atoms with E-state index in [1.54, 1.807) is 42.5 Å². The smallest absolute Gasteiger partial charge is 0.165 e. The summed E-state index contributed by atoms with van der Waals surface area (Å²) in [6.45, 7) is 0.458. The van der Waals surface area contributed by atoms with Gasteiger partial charge in [-0.05, 0) is 29.3 Å². The van der Waals surface area contributed by atoms with Gasteiger partial charge in [0, 0.05) is 11.1 Å². The molecule has 2 aromatic rings. The maximum Gasteiger partial charge on any atom is 0.165 e. The maximum absolute atomic E-state index is 10.6. The molecule has 0 radical (unpaired) electrons. The molecule has 0 amide bonds. The third-order valence-electron chi connectivity index (χ3n) is 4.30. The molecule has 0 bridgehead atoms. The number of hydrogen-bond acceptors (Lipinski definition) is 6. The minimum atomic E-state index is -0.708. The second-order valence-corrected chi connectivity index (χ2v) is 5.98. The van der Waals surface area contributed by atoms with Crippen molar-refractivity contribution in [1.82, 2.24) is 0 Å². The van der Waals surface area contributed by atoms with Crippen molar-refractivity contribution in [2.75, 3.05) is 27.4 Å². The topological polar surface area (TPSA) is 91.7 Å². The van der Waals surface area contributed by atoms with Crippen molar-refractivity contribution in [2.24, 2.45) is 0 Å². The first-order chi connectivity index (χ1) is 12.6. The fourth-order valence-electron chi connectivity index (χ4n) is 2.84. The quantitative estimate of drug-likeness (QED) is 0.659. The minimum absolute atomic E-state index is 0.00854. The molecule has 1 saturated heterocycles. The Labute approximate surface area is 151 Å². The summed E-state index contributed by atoms with van der Waals surface area (Å²) in [6, 6.07) is 8.77. The predicted molar refractivity (Wildman–Crippen MR) is 97.5 cm³/mol. The van der Waals surface area contributed by atoms with Crippen LogP contribution in [0.4, 0.5) is 0 Å². The Morgan fingerprint density at radius 2 is 1.88 bits per heavy atom. The van der Waals surface area contributed by atoms with Gasteiger partial charge in [-0.2, -0.15) is 0 Å². The van der Waals surface area contributed by atoms with E-state index in [4.69, 9.17) is 19.3 Å². The lowest BCUT2D eigenvalue weighted by Crippen LogP contribution is -2.05. The Hall–Kier alpha value is -2.54. The molecule has 1 heterocycles. The van der Waals surface area contributed by atoms with Gasteiger partial charge in [0.15, 0.2) is 11.5 Å². The molecule has 3 rings (SSSR count). The van der Waals surface area contributed by atoms with Gasteiger partial charge in [0.1, 0.15) is 18.0 Å². The number of aromatic hydroxyl groups is 1. The van der Waals surface area contributed by atoms with Crippen LogP contribution < -0.4 is 9.47 Å². The number of ether oxygens (including phenoxy) is 3. The number of aliphatic hydroxyl groups is 2. The number of benzene rings is 2. The Morgan fingerprint density at radius 3 is 2.50 bits per heavy atom. The van der Waals surface area contributed by atoms with E-state index < -0.39 is 6.10 Å². The van der Waals surface area contributed by atoms with E-state index in [0.717, 1.165) is 5.56 Å². The van der Waals surface area contributed by atoms with E-state index in [2.05, 4.69) is 0 Å². The molecule has 2 atom stereocenters. The Kier molecular flexibility index (Phi) is 5.46. The van der Waals surface area contributed by atoms with Gasteiger partial charge in [-0.1, -0.05) is 24.3 Å². The van der Waals surface area contributed by atoms with Gasteiger partial charge in [0.05, 0.1) is 27.4 Å². The average molecular weight is 358 g/mol. The fraction of sp³-hybridized carbons (Fsp3) is 0.300. The van der Waals surface area contributed by atoms with Crippen LogP contribution in [0.25, 0.3) is 17.2 Å². The normalized spacial score (nSPS) is 17.3. The van der Waals surface area contributed by atoms with Gasteiger partial charge in [-0.25, -0.2) is 0 Å². The molecule has 138 valence electrons. The number of aliphatic hydroxyl groups excluding tert-OH is 2. The monoisotopic (exact) mass is 358 g/mol. The maximum atomic E-state index is 10.6. The van der Waals surface area contributed by atoms with Gasteiger partial charge in [-0.3, -0.25) is 0 Å². The first-order valence-electron chi connectivity index (χ1n) is 8.25. The molecule has 1 aliphatic rings. The molecular weight excluding hydrogens is 336 g/mol. The number of methoxy groups -OCH3 is 2. The minimum Gasteiger partial charge on any atom is -0.504 e. The molecule has 0 saturated carbocycles. The summed E-state index contributed by atoms with van der Waals surface area (Å²) in [6.07, 6.45) is 2.45. The standard InChI is InChI=1S/C20H22O6/c1-24-16-10-13(19(22)18-11-26-18)5-6-14(16)15-8-12(4-3-7-21)9-17(25-2)20(15)23/h3-6,8-10,18-19,21-23H,7,11H2,1-2H3/b4-3+. The highest BCUT2D eigenvalue weighted by Gasteiger charge is 2.32. The lowest BCUT2D eigenvalue weighted by atomic mass is 9.97. The Bertz CT molecular complexity index is 810. The summed E-state index contributed by atoms with van der Waals surface area (Å²) in [4.78, 5) is 0. The third-order valence-corrected chi connectivity index (χ3v) is 4.30. The zero-order chi connectivity index (χ0) is 18.7. The average Bonchev–Trinajstić information content (AvgIpc) is 3.51. The first kappa shape index (κ1) is 18.3. The fourth-order valence-corrected chi connectivity index (χ4v) is 2.84. The molecule has 0 spiro atoms. The largest absolute Gasteiger partial charge is 0.504 e. The van der Waals surface area contributed by atoms with E-state index in [0.29, 0.717) is 34.8 Å². The third kappa shape index (κ3) is 3.67. The molecule has 6 nitrogen and oxygen atoms in total.